The normalized spacial score (nSPS) is 13.0. The van der Waals surface area contributed by atoms with Gasteiger partial charge in [-0.15, -0.1) is 0 Å². The van der Waals surface area contributed by atoms with Gasteiger partial charge in [0.2, 0.25) is 5.91 Å². The van der Waals surface area contributed by atoms with Crippen molar-refractivity contribution in [3.05, 3.63) is 95.6 Å². The molecule has 6 nitrogen and oxygen atoms in total. The minimum atomic E-state index is -3.80. The molecule has 0 spiro atoms. The van der Waals surface area contributed by atoms with Gasteiger partial charge in [-0.05, 0) is 60.2 Å². The topological polar surface area (TPSA) is 98.7 Å². The number of hydrogen-bond acceptors (Lipinski definition) is 5. The Morgan fingerprint density at radius 3 is 2.22 bits per heavy atom. The van der Waals surface area contributed by atoms with Crippen molar-refractivity contribution in [1.82, 2.24) is 5.32 Å². The average molecular weight is 455 g/mol. The molecule has 0 aliphatic carbocycles. The number of rotatable bonds is 10. The van der Waals surface area contributed by atoms with E-state index >= 15 is 0 Å². The van der Waals surface area contributed by atoms with Crippen LogP contribution in [0.1, 0.15) is 36.0 Å². The number of benzene rings is 3. The highest BCUT2D eigenvalue weighted by atomic mass is 32.2. The minimum absolute atomic E-state index is 0.0652. The molecule has 4 N–H and O–H groups in total. The van der Waals surface area contributed by atoms with Gasteiger partial charge < -0.3 is 10.2 Å². The van der Waals surface area contributed by atoms with Gasteiger partial charge in [0, 0.05) is 18.7 Å². The highest BCUT2D eigenvalue weighted by Crippen LogP contribution is 2.22. The number of aryl methyl sites for hydroxylation is 1. The van der Waals surface area contributed by atoms with Gasteiger partial charge in [0.05, 0.1) is 4.90 Å². The fraction of sp³-hybridized carbons (Fsp3) is 0.280. The van der Waals surface area contributed by atoms with Crippen molar-refractivity contribution in [3.63, 3.8) is 0 Å². The Balaban J connectivity index is 1.65. The lowest BCUT2D eigenvalue weighted by Crippen LogP contribution is -2.47. The van der Waals surface area contributed by atoms with Gasteiger partial charge in [0.15, 0.2) is 0 Å². The number of sulfonamides is 1. The van der Waals surface area contributed by atoms with Gasteiger partial charge in [0.1, 0.15) is 0 Å². The second kappa shape index (κ2) is 10.3. The standard InChI is InChI=1S/C25H30N2O4S/c1-19-13-14-24(32(30,31)27-23-11-7-4-8-12-23)17-22(19)18-25(28,29)26-16-15-20(2)21-9-5-3-6-10-21/h3-14,17,20,26-29H,15-16,18H2,1-2H3. The second-order valence-corrected chi connectivity index (χ2v) is 9.76. The van der Waals surface area contributed by atoms with Crippen LogP contribution in [0.3, 0.4) is 0 Å². The lowest BCUT2D eigenvalue weighted by Gasteiger charge is -2.25. The number of nitrogens with one attached hydrogen (secondary N) is 2. The number of anilines is 1. The molecule has 3 rings (SSSR count). The Bertz CT molecular complexity index is 1120. The second-order valence-electron chi connectivity index (χ2n) is 8.08. The molecule has 170 valence electrons. The van der Waals surface area contributed by atoms with Crippen LogP contribution in [-0.4, -0.2) is 31.1 Å². The summed E-state index contributed by atoms with van der Waals surface area (Å²) in [6.45, 7) is 4.30. The quantitative estimate of drug-likeness (QED) is 0.350. The Morgan fingerprint density at radius 2 is 1.56 bits per heavy atom. The van der Waals surface area contributed by atoms with Crippen molar-refractivity contribution >= 4 is 15.7 Å². The molecule has 0 fully saturated rings. The van der Waals surface area contributed by atoms with Crippen LogP contribution in [0.5, 0.6) is 0 Å². The fourth-order valence-corrected chi connectivity index (χ4v) is 4.60. The summed E-state index contributed by atoms with van der Waals surface area (Å²) in [7, 11) is -3.80. The van der Waals surface area contributed by atoms with Gasteiger partial charge >= 0.3 is 0 Å². The van der Waals surface area contributed by atoms with Crippen molar-refractivity contribution in [2.45, 2.75) is 43.4 Å². The van der Waals surface area contributed by atoms with E-state index in [0.717, 1.165) is 12.0 Å². The third kappa shape index (κ3) is 6.64. The molecule has 0 radical (unpaired) electrons. The zero-order valence-corrected chi connectivity index (χ0v) is 19.1. The molecular weight excluding hydrogens is 424 g/mol. The maximum atomic E-state index is 12.8. The maximum Gasteiger partial charge on any atom is 0.261 e. The van der Waals surface area contributed by atoms with Crippen molar-refractivity contribution in [1.29, 1.82) is 0 Å². The largest absolute Gasteiger partial charge is 0.353 e. The van der Waals surface area contributed by atoms with E-state index in [1.165, 1.54) is 17.7 Å². The lowest BCUT2D eigenvalue weighted by molar-refractivity contribution is -0.183. The molecule has 0 aromatic heterocycles. The lowest BCUT2D eigenvalue weighted by atomic mass is 9.98. The van der Waals surface area contributed by atoms with Gasteiger partial charge in [-0.25, -0.2) is 8.42 Å². The highest BCUT2D eigenvalue weighted by Gasteiger charge is 2.25. The first-order valence-corrected chi connectivity index (χ1v) is 12.1. The van der Waals surface area contributed by atoms with Crippen LogP contribution in [0.15, 0.2) is 83.8 Å². The predicted octanol–water partition coefficient (Wildman–Crippen LogP) is 3.76. The Labute approximate surface area is 190 Å². The summed E-state index contributed by atoms with van der Waals surface area (Å²) >= 11 is 0. The first-order valence-electron chi connectivity index (χ1n) is 10.6. The van der Waals surface area contributed by atoms with Crippen molar-refractivity contribution in [2.75, 3.05) is 11.3 Å². The summed E-state index contributed by atoms with van der Waals surface area (Å²) in [5, 5.41) is 23.7. The first-order chi connectivity index (χ1) is 15.2. The molecule has 0 aliphatic heterocycles. The Kier molecular flexibility index (Phi) is 7.69. The summed E-state index contributed by atoms with van der Waals surface area (Å²) < 4.78 is 28.1. The van der Waals surface area contributed by atoms with Gasteiger partial charge in [-0.2, -0.15) is 0 Å². The van der Waals surface area contributed by atoms with Gasteiger partial charge in [-0.3, -0.25) is 10.0 Å². The van der Waals surface area contributed by atoms with Crippen molar-refractivity contribution < 1.29 is 18.6 Å². The van der Waals surface area contributed by atoms with Crippen LogP contribution in [0.4, 0.5) is 5.69 Å². The number of aliphatic hydroxyl groups is 2. The molecule has 7 heteroatoms. The van der Waals surface area contributed by atoms with Gasteiger partial charge in [0.25, 0.3) is 10.0 Å². The maximum absolute atomic E-state index is 12.8. The number of hydrogen-bond donors (Lipinski definition) is 4. The first kappa shape index (κ1) is 23.9. The van der Waals surface area contributed by atoms with E-state index < -0.39 is 15.9 Å². The molecular formula is C25H30N2O4S. The van der Waals surface area contributed by atoms with Gasteiger partial charge in [-0.1, -0.05) is 61.5 Å². The van der Waals surface area contributed by atoms with Crippen LogP contribution in [0.25, 0.3) is 0 Å². The molecule has 0 bridgehead atoms. The van der Waals surface area contributed by atoms with Crippen LogP contribution in [0.2, 0.25) is 0 Å². The minimum Gasteiger partial charge on any atom is -0.353 e. The van der Waals surface area contributed by atoms with Crippen molar-refractivity contribution in [3.8, 4) is 0 Å². The molecule has 0 heterocycles. The van der Waals surface area contributed by atoms with E-state index in [0.29, 0.717) is 17.8 Å². The number of para-hydroxylation sites is 1. The summed E-state index contributed by atoms with van der Waals surface area (Å²) in [6, 6.07) is 23.3. The summed E-state index contributed by atoms with van der Waals surface area (Å²) in [4.78, 5) is 0.0652. The molecule has 3 aromatic carbocycles. The van der Waals surface area contributed by atoms with E-state index in [9.17, 15) is 18.6 Å². The average Bonchev–Trinajstić information content (AvgIpc) is 2.76. The Morgan fingerprint density at radius 1 is 0.938 bits per heavy atom. The summed E-state index contributed by atoms with van der Waals surface area (Å²) in [5.41, 5.74) is 2.96. The monoisotopic (exact) mass is 454 g/mol. The van der Waals surface area contributed by atoms with Crippen LogP contribution in [0, 0.1) is 6.92 Å². The Hall–Kier alpha value is -2.71. The van der Waals surface area contributed by atoms with Crippen LogP contribution in [-0.2, 0) is 16.4 Å². The fourth-order valence-electron chi connectivity index (χ4n) is 3.49. The third-order valence-corrected chi connectivity index (χ3v) is 6.83. The molecule has 1 atom stereocenters. The van der Waals surface area contributed by atoms with E-state index in [4.69, 9.17) is 0 Å². The molecule has 0 amide bonds. The summed E-state index contributed by atoms with van der Waals surface area (Å²) in [6.07, 6.45) is 0.578. The van der Waals surface area contributed by atoms with E-state index in [2.05, 4.69) is 29.1 Å². The van der Waals surface area contributed by atoms with E-state index in [1.54, 1.807) is 36.4 Å². The molecule has 0 aliphatic rings. The predicted molar refractivity (Wildman–Crippen MR) is 127 cm³/mol. The zero-order chi connectivity index (χ0) is 23.2. The molecule has 32 heavy (non-hydrogen) atoms. The molecule has 3 aromatic rings. The van der Waals surface area contributed by atoms with E-state index in [1.807, 2.05) is 25.1 Å². The zero-order valence-electron chi connectivity index (χ0n) is 18.3. The molecule has 0 saturated heterocycles. The SMILES string of the molecule is Cc1ccc(S(=O)(=O)Nc2ccccc2)cc1CC(O)(O)NCCC(C)c1ccccc1. The van der Waals surface area contributed by atoms with E-state index in [-0.39, 0.29) is 17.2 Å². The van der Waals surface area contributed by atoms with Crippen LogP contribution >= 0.6 is 0 Å². The van der Waals surface area contributed by atoms with Crippen LogP contribution < -0.4 is 10.0 Å². The third-order valence-electron chi connectivity index (χ3n) is 5.45. The smallest absolute Gasteiger partial charge is 0.261 e. The molecule has 1 unspecified atom stereocenters. The summed E-state index contributed by atoms with van der Waals surface area (Å²) in [5.74, 6) is -1.89. The highest BCUT2D eigenvalue weighted by molar-refractivity contribution is 7.92. The van der Waals surface area contributed by atoms with Crippen molar-refractivity contribution in [2.24, 2.45) is 0 Å². The molecule has 0 saturated carbocycles.